The topological polar surface area (TPSA) is 49.2 Å². The third-order valence-corrected chi connectivity index (χ3v) is 2.96. The SMILES string of the molecule is COCCn1c(CCl)nnc1CCC(C)OC. The number of alkyl halides is 1. The fourth-order valence-corrected chi connectivity index (χ4v) is 1.74. The summed E-state index contributed by atoms with van der Waals surface area (Å²) in [5, 5.41) is 8.24. The molecule has 1 heterocycles. The van der Waals surface area contributed by atoms with E-state index in [2.05, 4.69) is 10.2 Å². The van der Waals surface area contributed by atoms with E-state index in [0.29, 0.717) is 12.5 Å². The van der Waals surface area contributed by atoms with E-state index < -0.39 is 0 Å². The average Bonchev–Trinajstić information content (AvgIpc) is 2.75. The van der Waals surface area contributed by atoms with E-state index in [1.54, 1.807) is 14.2 Å². The van der Waals surface area contributed by atoms with Gasteiger partial charge in [-0.15, -0.1) is 21.8 Å². The van der Waals surface area contributed by atoms with Gasteiger partial charge in [-0.2, -0.15) is 0 Å². The van der Waals surface area contributed by atoms with Crippen LogP contribution in [0.15, 0.2) is 0 Å². The van der Waals surface area contributed by atoms with Crippen molar-refractivity contribution in [1.82, 2.24) is 14.8 Å². The van der Waals surface area contributed by atoms with Gasteiger partial charge in [0.1, 0.15) is 11.6 Å². The molecule has 0 aliphatic rings. The third kappa shape index (κ3) is 4.26. The minimum absolute atomic E-state index is 0.224. The molecule has 0 fully saturated rings. The molecule has 0 aliphatic carbocycles. The summed E-state index contributed by atoms with van der Waals surface area (Å²) in [4.78, 5) is 0. The summed E-state index contributed by atoms with van der Waals surface area (Å²) in [5.74, 6) is 2.11. The first-order valence-corrected chi connectivity index (χ1v) is 6.25. The summed E-state index contributed by atoms with van der Waals surface area (Å²) in [6, 6.07) is 0. The Hall–Kier alpha value is -0.650. The number of hydrogen-bond acceptors (Lipinski definition) is 4. The summed E-state index contributed by atoms with van der Waals surface area (Å²) < 4.78 is 12.3. The molecule has 0 radical (unpaired) electrons. The summed E-state index contributed by atoms with van der Waals surface area (Å²) >= 11 is 5.83. The Labute approximate surface area is 107 Å². The predicted molar refractivity (Wildman–Crippen MR) is 66.2 cm³/mol. The molecule has 0 aliphatic heterocycles. The van der Waals surface area contributed by atoms with Crippen molar-refractivity contribution in [3.63, 3.8) is 0 Å². The van der Waals surface area contributed by atoms with Crippen molar-refractivity contribution in [1.29, 1.82) is 0 Å². The third-order valence-electron chi connectivity index (χ3n) is 2.72. The number of methoxy groups -OCH3 is 2. The van der Waals surface area contributed by atoms with Crippen LogP contribution in [0.2, 0.25) is 0 Å². The number of aromatic nitrogens is 3. The van der Waals surface area contributed by atoms with E-state index in [1.807, 2.05) is 11.5 Å². The number of halogens is 1. The number of ether oxygens (including phenoxy) is 2. The van der Waals surface area contributed by atoms with Gasteiger partial charge in [-0.1, -0.05) is 0 Å². The summed E-state index contributed by atoms with van der Waals surface area (Å²) in [6.45, 7) is 3.41. The Morgan fingerprint density at radius 1 is 1.29 bits per heavy atom. The Balaban J connectivity index is 2.66. The van der Waals surface area contributed by atoms with Crippen LogP contribution in [-0.4, -0.2) is 41.7 Å². The molecular formula is C11H20ClN3O2. The first-order chi connectivity index (χ1) is 8.22. The molecule has 5 nitrogen and oxygen atoms in total. The van der Waals surface area contributed by atoms with Gasteiger partial charge in [0.25, 0.3) is 0 Å². The largest absolute Gasteiger partial charge is 0.383 e. The zero-order chi connectivity index (χ0) is 12.7. The molecule has 17 heavy (non-hydrogen) atoms. The van der Waals surface area contributed by atoms with Gasteiger partial charge in [-0.05, 0) is 13.3 Å². The molecule has 0 N–H and O–H groups in total. The van der Waals surface area contributed by atoms with Gasteiger partial charge in [-0.25, -0.2) is 0 Å². The molecule has 1 aromatic rings. The molecule has 0 amide bonds. The average molecular weight is 262 g/mol. The lowest BCUT2D eigenvalue weighted by Crippen LogP contribution is -2.13. The Kier molecular flexibility index (Phi) is 6.47. The van der Waals surface area contributed by atoms with Crippen molar-refractivity contribution in [3.05, 3.63) is 11.6 Å². The van der Waals surface area contributed by atoms with E-state index >= 15 is 0 Å². The zero-order valence-corrected chi connectivity index (χ0v) is 11.4. The van der Waals surface area contributed by atoms with Crippen LogP contribution in [0.3, 0.4) is 0 Å². The summed E-state index contributed by atoms with van der Waals surface area (Å²) in [5.41, 5.74) is 0. The second-order valence-electron chi connectivity index (χ2n) is 3.90. The van der Waals surface area contributed by atoms with Crippen molar-refractivity contribution in [2.75, 3.05) is 20.8 Å². The van der Waals surface area contributed by atoms with Crippen molar-refractivity contribution in [2.45, 2.75) is 38.3 Å². The van der Waals surface area contributed by atoms with Gasteiger partial charge >= 0.3 is 0 Å². The second-order valence-corrected chi connectivity index (χ2v) is 4.16. The maximum Gasteiger partial charge on any atom is 0.148 e. The maximum atomic E-state index is 5.83. The lowest BCUT2D eigenvalue weighted by atomic mass is 10.2. The van der Waals surface area contributed by atoms with Gasteiger partial charge in [0.05, 0.1) is 18.6 Å². The molecule has 0 bridgehead atoms. The van der Waals surface area contributed by atoms with E-state index in [4.69, 9.17) is 21.1 Å². The Morgan fingerprint density at radius 3 is 2.59 bits per heavy atom. The van der Waals surface area contributed by atoms with E-state index in [0.717, 1.165) is 31.0 Å². The molecule has 1 unspecified atom stereocenters. The highest BCUT2D eigenvalue weighted by Crippen LogP contribution is 2.09. The smallest absolute Gasteiger partial charge is 0.148 e. The van der Waals surface area contributed by atoms with Crippen LogP contribution in [-0.2, 0) is 28.3 Å². The highest BCUT2D eigenvalue weighted by molar-refractivity contribution is 6.16. The molecule has 1 atom stereocenters. The maximum absolute atomic E-state index is 5.83. The number of rotatable bonds is 8. The number of aryl methyl sites for hydroxylation is 1. The minimum Gasteiger partial charge on any atom is -0.383 e. The standard InChI is InChI=1S/C11H20ClN3O2/c1-9(17-3)4-5-10-13-14-11(8-12)15(10)6-7-16-2/h9H,4-8H2,1-3H3. The highest BCUT2D eigenvalue weighted by Gasteiger charge is 2.12. The lowest BCUT2D eigenvalue weighted by Gasteiger charge is -2.11. The van der Waals surface area contributed by atoms with Crippen molar-refractivity contribution in [3.8, 4) is 0 Å². The van der Waals surface area contributed by atoms with Crippen LogP contribution in [0, 0.1) is 0 Å². The quantitative estimate of drug-likeness (QED) is 0.668. The monoisotopic (exact) mass is 261 g/mol. The lowest BCUT2D eigenvalue weighted by molar-refractivity contribution is 0.110. The summed E-state index contributed by atoms with van der Waals surface area (Å²) in [7, 11) is 3.39. The molecular weight excluding hydrogens is 242 g/mol. The first kappa shape index (κ1) is 14.4. The van der Waals surface area contributed by atoms with Crippen molar-refractivity contribution >= 4 is 11.6 Å². The Bertz CT molecular complexity index is 331. The predicted octanol–water partition coefficient (Wildman–Crippen LogP) is 1.63. The van der Waals surface area contributed by atoms with Gasteiger partial charge in [-0.3, -0.25) is 0 Å². The van der Waals surface area contributed by atoms with Gasteiger partial charge in [0, 0.05) is 27.2 Å². The fraction of sp³-hybridized carbons (Fsp3) is 0.818. The first-order valence-electron chi connectivity index (χ1n) is 5.71. The minimum atomic E-state index is 0.224. The van der Waals surface area contributed by atoms with Crippen LogP contribution in [0.5, 0.6) is 0 Å². The van der Waals surface area contributed by atoms with E-state index in [-0.39, 0.29) is 6.10 Å². The molecule has 98 valence electrons. The Morgan fingerprint density at radius 2 is 2.00 bits per heavy atom. The van der Waals surface area contributed by atoms with Crippen LogP contribution in [0.1, 0.15) is 25.0 Å². The van der Waals surface area contributed by atoms with Gasteiger partial charge in [0.15, 0.2) is 0 Å². The summed E-state index contributed by atoms with van der Waals surface area (Å²) in [6.07, 6.45) is 1.98. The van der Waals surface area contributed by atoms with Gasteiger partial charge < -0.3 is 14.0 Å². The molecule has 1 aromatic heterocycles. The molecule has 0 aromatic carbocycles. The molecule has 1 rings (SSSR count). The van der Waals surface area contributed by atoms with Crippen LogP contribution < -0.4 is 0 Å². The van der Waals surface area contributed by atoms with Crippen LogP contribution in [0.25, 0.3) is 0 Å². The normalized spacial score (nSPS) is 12.9. The zero-order valence-electron chi connectivity index (χ0n) is 10.6. The van der Waals surface area contributed by atoms with Crippen LogP contribution in [0.4, 0.5) is 0 Å². The molecule has 0 saturated carbocycles. The van der Waals surface area contributed by atoms with Gasteiger partial charge in [0.2, 0.25) is 0 Å². The molecule has 6 heteroatoms. The van der Waals surface area contributed by atoms with E-state index in [9.17, 15) is 0 Å². The number of hydrogen-bond donors (Lipinski definition) is 0. The fourth-order valence-electron chi connectivity index (χ4n) is 1.55. The number of nitrogens with zero attached hydrogens (tertiary/aromatic N) is 3. The highest BCUT2D eigenvalue weighted by atomic mass is 35.5. The van der Waals surface area contributed by atoms with Crippen molar-refractivity contribution in [2.24, 2.45) is 0 Å². The molecule has 0 spiro atoms. The van der Waals surface area contributed by atoms with Crippen LogP contribution >= 0.6 is 11.6 Å². The second kappa shape index (κ2) is 7.63. The van der Waals surface area contributed by atoms with Crippen molar-refractivity contribution < 1.29 is 9.47 Å². The van der Waals surface area contributed by atoms with E-state index in [1.165, 1.54) is 0 Å². The molecule has 0 saturated heterocycles.